The van der Waals surface area contributed by atoms with E-state index in [-0.39, 0.29) is 6.61 Å². The van der Waals surface area contributed by atoms with Crippen molar-refractivity contribution in [2.75, 3.05) is 0 Å². The van der Waals surface area contributed by atoms with Crippen LogP contribution in [0.1, 0.15) is 75.6 Å². The van der Waals surface area contributed by atoms with Crippen LogP contribution in [0.3, 0.4) is 0 Å². The monoisotopic (exact) mass is 251 g/mol. The summed E-state index contributed by atoms with van der Waals surface area (Å²) in [5.41, 5.74) is 2.01. The normalized spacial score (nSPS) is 15.9. The average molecular weight is 251 g/mol. The summed E-state index contributed by atoms with van der Waals surface area (Å²) < 4.78 is 2.04. The van der Waals surface area contributed by atoms with Crippen molar-refractivity contribution in [2.45, 2.75) is 77.4 Å². The number of unbranched alkanes of at least 4 members (excludes halogenated alkanes) is 4. The van der Waals surface area contributed by atoms with Gasteiger partial charge in [0.05, 0.1) is 12.3 Å². The molecule has 2 rings (SSSR count). The molecule has 0 spiro atoms. The molecule has 1 aromatic heterocycles. The molecule has 4 nitrogen and oxygen atoms in total. The molecule has 4 heteroatoms. The van der Waals surface area contributed by atoms with Crippen molar-refractivity contribution in [1.29, 1.82) is 0 Å². The number of aliphatic hydroxyl groups is 1. The fraction of sp³-hybridized carbons (Fsp3) is 0.857. The van der Waals surface area contributed by atoms with Gasteiger partial charge in [0.25, 0.3) is 0 Å². The van der Waals surface area contributed by atoms with E-state index < -0.39 is 0 Å². The minimum atomic E-state index is 0.0294. The van der Waals surface area contributed by atoms with Crippen LogP contribution in [0.25, 0.3) is 0 Å². The molecule has 1 fully saturated rings. The Morgan fingerprint density at radius 2 is 2.00 bits per heavy atom. The highest BCUT2D eigenvalue weighted by molar-refractivity contribution is 5.17. The molecule has 0 atom stereocenters. The molecule has 18 heavy (non-hydrogen) atoms. The van der Waals surface area contributed by atoms with Crippen LogP contribution in [0.5, 0.6) is 0 Å². The SMILES string of the molecule is CCCCCCCn1nnc(CO)c1C1CCC1. The molecule has 0 amide bonds. The lowest BCUT2D eigenvalue weighted by atomic mass is 9.82. The third-order valence-corrected chi connectivity index (χ3v) is 3.96. The van der Waals surface area contributed by atoms with Crippen LogP contribution in [0.4, 0.5) is 0 Å². The summed E-state index contributed by atoms with van der Waals surface area (Å²) in [4.78, 5) is 0. The van der Waals surface area contributed by atoms with Crippen LogP contribution < -0.4 is 0 Å². The molecule has 1 aromatic rings. The van der Waals surface area contributed by atoms with Gasteiger partial charge < -0.3 is 5.11 Å². The van der Waals surface area contributed by atoms with Crippen molar-refractivity contribution in [3.8, 4) is 0 Å². The van der Waals surface area contributed by atoms with Crippen molar-refractivity contribution in [2.24, 2.45) is 0 Å². The summed E-state index contributed by atoms with van der Waals surface area (Å²) in [6, 6.07) is 0. The standard InChI is InChI=1S/C14H25N3O/c1-2-3-4-5-6-10-17-14(12-8-7-9-12)13(11-18)15-16-17/h12,18H,2-11H2,1H3. The van der Waals surface area contributed by atoms with Gasteiger partial charge in [-0.2, -0.15) is 0 Å². The third-order valence-electron chi connectivity index (χ3n) is 3.96. The van der Waals surface area contributed by atoms with E-state index in [0.29, 0.717) is 5.92 Å². The Morgan fingerprint density at radius 3 is 2.61 bits per heavy atom. The molecule has 0 unspecified atom stereocenters. The lowest BCUT2D eigenvalue weighted by molar-refractivity contribution is 0.271. The second-order valence-corrected chi connectivity index (χ2v) is 5.34. The molecule has 102 valence electrons. The molecule has 1 aliphatic rings. The highest BCUT2D eigenvalue weighted by Gasteiger charge is 2.27. The average Bonchev–Trinajstić information content (AvgIpc) is 2.70. The minimum Gasteiger partial charge on any atom is -0.390 e. The van der Waals surface area contributed by atoms with Gasteiger partial charge >= 0.3 is 0 Å². The van der Waals surface area contributed by atoms with E-state index in [1.54, 1.807) is 0 Å². The molecular weight excluding hydrogens is 226 g/mol. The van der Waals surface area contributed by atoms with E-state index in [1.165, 1.54) is 57.1 Å². The van der Waals surface area contributed by atoms with Crippen LogP contribution in [-0.4, -0.2) is 20.1 Å². The molecule has 1 heterocycles. The molecule has 1 aliphatic carbocycles. The van der Waals surface area contributed by atoms with E-state index in [9.17, 15) is 5.11 Å². The molecule has 0 radical (unpaired) electrons. The molecule has 1 saturated carbocycles. The van der Waals surface area contributed by atoms with Crippen molar-refractivity contribution in [1.82, 2.24) is 15.0 Å². The first-order valence-electron chi connectivity index (χ1n) is 7.40. The number of hydrogen-bond donors (Lipinski definition) is 1. The Labute approximate surface area is 109 Å². The van der Waals surface area contributed by atoms with E-state index in [4.69, 9.17) is 0 Å². The lowest BCUT2D eigenvalue weighted by Crippen LogP contribution is -2.17. The van der Waals surface area contributed by atoms with Crippen molar-refractivity contribution in [3.63, 3.8) is 0 Å². The van der Waals surface area contributed by atoms with Gasteiger partial charge in [0, 0.05) is 12.5 Å². The molecular formula is C14H25N3O. The highest BCUT2D eigenvalue weighted by Crippen LogP contribution is 2.37. The number of aliphatic hydroxyl groups excluding tert-OH is 1. The molecule has 1 N–H and O–H groups in total. The molecule has 0 saturated heterocycles. The number of hydrogen-bond acceptors (Lipinski definition) is 3. The zero-order chi connectivity index (χ0) is 12.8. The Morgan fingerprint density at radius 1 is 1.22 bits per heavy atom. The number of nitrogens with zero attached hydrogens (tertiary/aromatic N) is 3. The maximum absolute atomic E-state index is 9.33. The second kappa shape index (κ2) is 6.88. The third kappa shape index (κ3) is 3.10. The number of rotatable bonds is 8. The fourth-order valence-electron chi connectivity index (χ4n) is 2.63. The second-order valence-electron chi connectivity index (χ2n) is 5.34. The largest absolute Gasteiger partial charge is 0.390 e. The van der Waals surface area contributed by atoms with Gasteiger partial charge in [0.15, 0.2) is 0 Å². The first-order valence-corrected chi connectivity index (χ1v) is 7.40. The van der Waals surface area contributed by atoms with Gasteiger partial charge in [-0.1, -0.05) is 44.2 Å². The maximum atomic E-state index is 9.33. The Bertz CT molecular complexity index is 358. The lowest BCUT2D eigenvalue weighted by Gasteiger charge is -2.26. The zero-order valence-corrected chi connectivity index (χ0v) is 11.4. The van der Waals surface area contributed by atoms with E-state index >= 15 is 0 Å². The van der Waals surface area contributed by atoms with Crippen LogP contribution in [0.15, 0.2) is 0 Å². The Balaban J connectivity index is 1.88. The number of aromatic nitrogens is 3. The van der Waals surface area contributed by atoms with Crippen LogP contribution in [0.2, 0.25) is 0 Å². The quantitative estimate of drug-likeness (QED) is 0.723. The van der Waals surface area contributed by atoms with Gasteiger partial charge in [-0.25, -0.2) is 4.68 Å². The first kappa shape index (κ1) is 13.5. The van der Waals surface area contributed by atoms with E-state index in [0.717, 1.165) is 12.2 Å². The fourth-order valence-corrected chi connectivity index (χ4v) is 2.63. The summed E-state index contributed by atoms with van der Waals surface area (Å²) in [6.45, 7) is 3.23. The smallest absolute Gasteiger partial charge is 0.112 e. The van der Waals surface area contributed by atoms with Crippen LogP contribution in [-0.2, 0) is 13.2 Å². The first-order chi connectivity index (χ1) is 8.86. The highest BCUT2D eigenvalue weighted by atomic mass is 16.3. The predicted octanol–water partition coefficient (Wildman–Crippen LogP) is 3.01. The topological polar surface area (TPSA) is 50.9 Å². The summed E-state index contributed by atoms with van der Waals surface area (Å²) in [5.74, 6) is 0.595. The summed E-state index contributed by atoms with van der Waals surface area (Å²) in [5, 5.41) is 17.7. The molecule has 0 bridgehead atoms. The predicted molar refractivity (Wildman–Crippen MR) is 71.3 cm³/mol. The Hall–Kier alpha value is -0.900. The van der Waals surface area contributed by atoms with Crippen molar-refractivity contribution in [3.05, 3.63) is 11.4 Å². The summed E-state index contributed by atoms with van der Waals surface area (Å²) in [6.07, 6.45) is 10.1. The molecule has 0 aliphatic heterocycles. The Kier molecular flexibility index (Phi) is 5.17. The van der Waals surface area contributed by atoms with Crippen LogP contribution >= 0.6 is 0 Å². The van der Waals surface area contributed by atoms with Gasteiger partial charge in [-0.15, -0.1) is 5.10 Å². The van der Waals surface area contributed by atoms with Gasteiger partial charge in [-0.3, -0.25) is 0 Å². The maximum Gasteiger partial charge on any atom is 0.112 e. The van der Waals surface area contributed by atoms with Gasteiger partial charge in [0.1, 0.15) is 5.69 Å². The van der Waals surface area contributed by atoms with E-state index in [1.807, 2.05) is 4.68 Å². The van der Waals surface area contributed by atoms with Crippen molar-refractivity contribution >= 4 is 0 Å². The number of aryl methyl sites for hydroxylation is 1. The molecule has 0 aromatic carbocycles. The zero-order valence-electron chi connectivity index (χ0n) is 11.4. The van der Waals surface area contributed by atoms with Gasteiger partial charge in [-0.05, 0) is 19.3 Å². The summed E-state index contributed by atoms with van der Waals surface area (Å²) >= 11 is 0. The van der Waals surface area contributed by atoms with Crippen LogP contribution in [0, 0.1) is 0 Å². The van der Waals surface area contributed by atoms with Crippen molar-refractivity contribution < 1.29 is 5.11 Å². The minimum absolute atomic E-state index is 0.0294. The van der Waals surface area contributed by atoms with E-state index in [2.05, 4.69) is 17.2 Å². The summed E-state index contributed by atoms with van der Waals surface area (Å²) in [7, 11) is 0. The van der Waals surface area contributed by atoms with Gasteiger partial charge in [0.2, 0.25) is 0 Å².